The third kappa shape index (κ3) is 5.20. The first-order chi connectivity index (χ1) is 19.5. The molecule has 0 saturated carbocycles. The highest BCUT2D eigenvalue weighted by Gasteiger charge is 2.49. The number of carbonyl (C=O) groups excluding carboxylic acids is 1. The lowest BCUT2D eigenvalue weighted by atomic mass is 9.94. The molecule has 42 heavy (non-hydrogen) atoms. The van der Waals surface area contributed by atoms with Crippen LogP contribution in [0.5, 0.6) is 0 Å². The number of anilines is 1. The van der Waals surface area contributed by atoms with Crippen LogP contribution in [0.2, 0.25) is 0 Å². The minimum Gasteiger partial charge on any atom is -0.265 e. The van der Waals surface area contributed by atoms with Gasteiger partial charge in [0.25, 0.3) is 10.0 Å². The average Bonchev–Trinajstić information content (AvgIpc) is 2.91. The molecule has 0 saturated heterocycles. The molecule has 0 unspecified atom stereocenters. The van der Waals surface area contributed by atoms with Crippen molar-refractivity contribution < 1.29 is 39.2 Å². The number of sulfonamides is 1. The fourth-order valence-corrected chi connectivity index (χ4v) is 7.00. The van der Waals surface area contributed by atoms with Gasteiger partial charge in [0.2, 0.25) is 0 Å². The predicted octanol–water partition coefficient (Wildman–Crippen LogP) is 5.29. The predicted molar refractivity (Wildman–Crippen MR) is 140 cm³/mol. The smallest absolute Gasteiger partial charge is 0.265 e. The van der Waals surface area contributed by atoms with Crippen LogP contribution >= 0.6 is 0 Å². The molecule has 0 spiro atoms. The molecule has 4 rings (SSSR count). The second-order valence-electron chi connectivity index (χ2n) is 9.05. The molecule has 15 heteroatoms. The Morgan fingerprint density at radius 2 is 1.55 bits per heavy atom. The number of alkyl halides is 3. The molecule has 9 nitrogen and oxygen atoms in total. The molecule has 2 amide bonds. The van der Waals surface area contributed by atoms with E-state index in [-0.39, 0.29) is 15.6 Å². The van der Waals surface area contributed by atoms with Crippen molar-refractivity contribution in [3.05, 3.63) is 101 Å². The Morgan fingerprint density at radius 3 is 2.12 bits per heavy atom. The number of hydrogen-bond donors (Lipinski definition) is 0. The zero-order valence-corrected chi connectivity index (χ0v) is 23.2. The van der Waals surface area contributed by atoms with E-state index in [0.717, 1.165) is 54.8 Å². The van der Waals surface area contributed by atoms with Gasteiger partial charge in [-0.15, -0.1) is 0 Å². The van der Waals surface area contributed by atoms with Gasteiger partial charge < -0.3 is 0 Å². The minimum absolute atomic E-state index is 0.0628. The highest BCUT2D eigenvalue weighted by molar-refractivity contribution is 7.91. The summed E-state index contributed by atoms with van der Waals surface area (Å²) >= 11 is 0. The zero-order valence-electron chi connectivity index (χ0n) is 21.6. The maximum Gasteiger partial charge on any atom is 0.416 e. The number of carbonyl (C=O) groups is 1. The number of nitriles is 2. The molecule has 1 aliphatic heterocycles. The number of benzene rings is 3. The van der Waals surface area contributed by atoms with E-state index in [1.165, 1.54) is 13.0 Å². The number of halogens is 4. The van der Waals surface area contributed by atoms with E-state index >= 15 is 0 Å². The second-order valence-corrected chi connectivity index (χ2v) is 12.8. The summed E-state index contributed by atoms with van der Waals surface area (Å²) in [5.74, 6) is -1.29. The van der Waals surface area contributed by atoms with Crippen LogP contribution in [0.3, 0.4) is 0 Å². The van der Waals surface area contributed by atoms with Gasteiger partial charge >= 0.3 is 12.2 Å². The van der Waals surface area contributed by atoms with Gasteiger partial charge in [0.15, 0.2) is 9.84 Å². The van der Waals surface area contributed by atoms with E-state index in [1.807, 2.05) is 0 Å². The van der Waals surface area contributed by atoms with Crippen LogP contribution in [0.25, 0.3) is 0 Å². The average molecular weight is 619 g/mol. The Kier molecular flexibility index (Phi) is 7.62. The van der Waals surface area contributed by atoms with Crippen molar-refractivity contribution in [2.75, 3.05) is 11.2 Å². The maximum atomic E-state index is 14.9. The third-order valence-electron chi connectivity index (χ3n) is 6.38. The lowest BCUT2D eigenvalue weighted by Gasteiger charge is -2.41. The van der Waals surface area contributed by atoms with Crippen LogP contribution in [-0.4, -0.2) is 33.4 Å². The van der Waals surface area contributed by atoms with Crippen LogP contribution in [-0.2, 0) is 26.0 Å². The Labute approximate surface area is 238 Å². The highest BCUT2D eigenvalue weighted by atomic mass is 32.2. The summed E-state index contributed by atoms with van der Waals surface area (Å²) in [7, 11) is -9.50. The summed E-state index contributed by atoms with van der Waals surface area (Å²) < 4.78 is 109. The lowest BCUT2D eigenvalue weighted by molar-refractivity contribution is -0.137. The molecule has 1 aliphatic rings. The molecule has 0 aromatic heterocycles. The van der Waals surface area contributed by atoms with Gasteiger partial charge in [-0.1, -0.05) is 24.3 Å². The third-order valence-corrected chi connectivity index (χ3v) is 9.30. The molecular formula is C27H18F4N4O5S2. The van der Waals surface area contributed by atoms with Gasteiger partial charge in [-0.3, -0.25) is 4.90 Å². The minimum atomic E-state index is -5.26. The fourth-order valence-electron chi connectivity index (χ4n) is 4.49. The van der Waals surface area contributed by atoms with Crippen LogP contribution in [0, 0.1) is 28.5 Å². The normalized spacial score (nSPS) is 16.3. The number of nitrogens with zero attached hydrogens (tertiary/aromatic N) is 4. The number of amides is 2. The van der Waals surface area contributed by atoms with Crippen molar-refractivity contribution in [1.29, 1.82) is 10.5 Å². The summed E-state index contributed by atoms with van der Waals surface area (Å²) in [6.45, 7) is 1.17. The number of sulfone groups is 1. The van der Waals surface area contributed by atoms with Gasteiger partial charge in [0, 0.05) is 12.0 Å². The monoisotopic (exact) mass is 618 g/mol. The topological polar surface area (TPSA) is 139 Å². The van der Waals surface area contributed by atoms with Crippen molar-refractivity contribution in [3.63, 3.8) is 0 Å². The molecule has 0 bridgehead atoms. The van der Waals surface area contributed by atoms with Gasteiger partial charge in [-0.25, -0.2) is 30.3 Å². The first-order valence-corrected chi connectivity index (χ1v) is 15.0. The van der Waals surface area contributed by atoms with Crippen LogP contribution < -0.4 is 4.90 Å². The Bertz CT molecular complexity index is 1960. The van der Waals surface area contributed by atoms with Gasteiger partial charge in [0.05, 0.1) is 39.4 Å². The zero-order chi connectivity index (χ0) is 31.2. The molecule has 1 atom stereocenters. The van der Waals surface area contributed by atoms with Crippen LogP contribution in [0.1, 0.15) is 29.7 Å². The molecule has 3 aromatic rings. The molecule has 0 fully saturated rings. The molecule has 0 radical (unpaired) electrons. The number of urea groups is 1. The van der Waals surface area contributed by atoms with Gasteiger partial charge in [-0.05, 0) is 55.0 Å². The van der Waals surface area contributed by atoms with Crippen LogP contribution in [0.4, 0.5) is 28.0 Å². The number of rotatable bonds is 5. The van der Waals surface area contributed by atoms with E-state index in [2.05, 4.69) is 0 Å². The Balaban J connectivity index is 2.13. The van der Waals surface area contributed by atoms with Crippen molar-refractivity contribution in [2.24, 2.45) is 0 Å². The second kappa shape index (κ2) is 10.6. The number of allylic oxidation sites excluding steroid dienone is 1. The van der Waals surface area contributed by atoms with E-state index < -0.39 is 76.1 Å². The van der Waals surface area contributed by atoms with E-state index in [0.29, 0.717) is 17.0 Å². The molecule has 3 aromatic carbocycles. The summed E-state index contributed by atoms with van der Waals surface area (Å²) in [5, 5.41) is 19.5. The lowest BCUT2D eigenvalue weighted by Crippen LogP contribution is -2.52. The van der Waals surface area contributed by atoms with Crippen LogP contribution in [0.15, 0.2) is 87.8 Å². The van der Waals surface area contributed by atoms with E-state index in [4.69, 9.17) is 0 Å². The molecule has 1 heterocycles. The van der Waals surface area contributed by atoms with E-state index in [1.54, 1.807) is 12.1 Å². The van der Waals surface area contributed by atoms with Gasteiger partial charge in [0.1, 0.15) is 16.8 Å². The van der Waals surface area contributed by atoms with E-state index in [9.17, 15) is 49.7 Å². The molecular weight excluding hydrogens is 600 g/mol. The first-order valence-electron chi connectivity index (χ1n) is 11.7. The molecule has 216 valence electrons. The maximum absolute atomic E-state index is 14.9. The highest BCUT2D eigenvalue weighted by Crippen LogP contribution is 2.45. The van der Waals surface area contributed by atoms with Crippen molar-refractivity contribution in [1.82, 2.24) is 4.31 Å². The Hall–Kier alpha value is -4.73. The fraction of sp³-hybridized carbons (Fsp3) is 0.148. The standard InChI is InChI=1S/C27H18F4N4O5S2/c1-16-21(15-33)25(20-11-10-17(14-32)12-24(20)41(2,37)38)35(42(39,40)23-9-4-3-8-22(23)28)26(36)34(16)19-7-5-6-18(13-19)27(29,30)31/h3-13,25H,1-2H3/t25-/m1/s1. The Morgan fingerprint density at radius 1 is 0.881 bits per heavy atom. The summed E-state index contributed by atoms with van der Waals surface area (Å²) in [5.41, 5.74) is -3.05. The first kappa shape index (κ1) is 30.2. The van der Waals surface area contributed by atoms with Crippen molar-refractivity contribution >= 4 is 31.6 Å². The van der Waals surface area contributed by atoms with Gasteiger partial charge in [-0.2, -0.15) is 23.7 Å². The molecule has 0 aliphatic carbocycles. The van der Waals surface area contributed by atoms with Crippen molar-refractivity contribution in [3.8, 4) is 12.1 Å². The SMILES string of the molecule is CC1=C(C#N)[C@@H](c2ccc(C#N)cc2S(C)(=O)=O)N(S(=O)(=O)c2ccccc2F)C(=O)N1c1cccc(C(F)(F)F)c1. The number of hydrogen-bond acceptors (Lipinski definition) is 7. The molecule has 0 N–H and O–H groups in total. The summed E-state index contributed by atoms with van der Waals surface area (Å²) in [6.07, 6.45) is -4.09. The quantitative estimate of drug-likeness (QED) is 0.354. The summed E-state index contributed by atoms with van der Waals surface area (Å²) in [4.78, 5) is 13.0. The summed E-state index contributed by atoms with van der Waals surface area (Å²) in [6, 6.07) is 10.3. The largest absolute Gasteiger partial charge is 0.416 e. The van der Waals surface area contributed by atoms with Crippen molar-refractivity contribution in [2.45, 2.75) is 28.9 Å².